The van der Waals surface area contributed by atoms with Gasteiger partial charge in [0, 0.05) is 6.04 Å². The van der Waals surface area contributed by atoms with Gasteiger partial charge in [-0.2, -0.15) is 0 Å². The van der Waals surface area contributed by atoms with Crippen LogP contribution in [0.25, 0.3) is 0 Å². The molecule has 0 heterocycles. The zero-order valence-electron chi connectivity index (χ0n) is 12.4. The minimum atomic E-state index is -0.870. The molecule has 1 aromatic rings. The highest BCUT2D eigenvalue weighted by atomic mass is 16.5. The van der Waals surface area contributed by atoms with Crippen LogP contribution in [0.2, 0.25) is 0 Å². The lowest BCUT2D eigenvalue weighted by Crippen LogP contribution is -2.37. The van der Waals surface area contributed by atoms with Crippen LogP contribution in [-0.2, 0) is 0 Å². The number of aliphatic hydroxyl groups is 1. The van der Waals surface area contributed by atoms with E-state index in [1.165, 1.54) is 0 Å². The van der Waals surface area contributed by atoms with Crippen molar-refractivity contribution in [3.05, 3.63) is 23.8 Å². The second-order valence-electron chi connectivity index (χ2n) is 5.50. The SMILES string of the molecule is COc1cc(C(C)N)ccc1OCC(C)(O)C(C)C. The lowest BCUT2D eigenvalue weighted by atomic mass is 9.94. The fourth-order valence-corrected chi connectivity index (χ4v) is 1.48. The van der Waals surface area contributed by atoms with Gasteiger partial charge in [-0.1, -0.05) is 19.9 Å². The molecule has 19 heavy (non-hydrogen) atoms. The van der Waals surface area contributed by atoms with Crippen LogP contribution in [0.5, 0.6) is 11.5 Å². The molecule has 0 saturated carbocycles. The zero-order valence-corrected chi connectivity index (χ0v) is 12.4. The third-order valence-corrected chi connectivity index (χ3v) is 3.48. The molecule has 0 aliphatic rings. The standard InChI is InChI=1S/C15H25NO3/c1-10(2)15(4,17)9-19-13-7-6-12(11(3)16)8-14(13)18-5/h6-8,10-11,17H,9,16H2,1-5H3. The van der Waals surface area contributed by atoms with Gasteiger partial charge in [0.1, 0.15) is 6.61 Å². The number of hydrogen-bond acceptors (Lipinski definition) is 4. The van der Waals surface area contributed by atoms with E-state index in [-0.39, 0.29) is 18.6 Å². The first-order valence-electron chi connectivity index (χ1n) is 6.56. The molecule has 2 unspecified atom stereocenters. The van der Waals surface area contributed by atoms with E-state index >= 15 is 0 Å². The zero-order chi connectivity index (χ0) is 14.6. The minimum Gasteiger partial charge on any atom is -0.493 e. The van der Waals surface area contributed by atoms with E-state index in [1.54, 1.807) is 14.0 Å². The molecule has 0 spiro atoms. The van der Waals surface area contributed by atoms with Gasteiger partial charge in [0.25, 0.3) is 0 Å². The predicted molar refractivity (Wildman–Crippen MR) is 76.6 cm³/mol. The lowest BCUT2D eigenvalue weighted by Gasteiger charge is -2.27. The number of nitrogens with two attached hydrogens (primary N) is 1. The Morgan fingerprint density at radius 2 is 1.89 bits per heavy atom. The smallest absolute Gasteiger partial charge is 0.161 e. The summed E-state index contributed by atoms with van der Waals surface area (Å²) in [5.74, 6) is 1.36. The molecule has 1 aromatic carbocycles. The summed E-state index contributed by atoms with van der Waals surface area (Å²) in [6.07, 6.45) is 0. The minimum absolute atomic E-state index is 0.0540. The van der Waals surface area contributed by atoms with Crippen LogP contribution in [0.3, 0.4) is 0 Å². The van der Waals surface area contributed by atoms with Gasteiger partial charge in [-0.15, -0.1) is 0 Å². The van der Waals surface area contributed by atoms with Crippen LogP contribution in [0.4, 0.5) is 0 Å². The summed E-state index contributed by atoms with van der Waals surface area (Å²) in [5.41, 5.74) is 5.95. The van der Waals surface area contributed by atoms with E-state index in [1.807, 2.05) is 39.0 Å². The van der Waals surface area contributed by atoms with E-state index in [9.17, 15) is 5.11 Å². The van der Waals surface area contributed by atoms with Gasteiger partial charge in [0.05, 0.1) is 12.7 Å². The summed E-state index contributed by atoms with van der Waals surface area (Å²) >= 11 is 0. The van der Waals surface area contributed by atoms with Crippen LogP contribution in [0, 0.1) is 5.92 Å². The first-order chi connectivity index (χ1) is 8.77. The van der Waals surface area contributed by atoms with Crippen LogP contribution >= 0.6 is 0 Å². The monoisotopic (exact) mass is 267 g/mol. The Kier molecular flexibility index (Phi) is 5.20. The maximum atomic E-state index is 10.2. The summed E-state index contributed by atoms with van der Waals surface area (Å²) in [5, 5.41) is 10.2. The Morgan fingerprint density at radius 1 is 1.26 bits per heavy atom. The number of benzene rings is 1. The van der Waals surface area contributed by atoms with Crippen molar-refractivity contribution in [3.8, 4) is 11.5 Å². The highest BCUT2D eigenvalue weighted by Gasteiger charge is 2.26. The first-order valence-corrected chi connectivity index (χ1v) is 6.56. The maximum Gasteiger partial charge on any atom is 0.161 e. The Hall–Kier alpha value is -1.26. The van der Waals surface area contributed by atoms with Gasteiger partial charge >= 0.3 is 0 Å². The molecule has 108 valence electrons. The number of hydrogen-bond donors (Lipinski definition) is 2. The molecule has 4 heteroatoms. The third-order valence-electron chi connectivity index (χ3n) is 3.48. The first kappa shape index (κ1) is 15.8. The highest BCUT2D eigenvalue weighted by Crippen LogP contribution is 2.31. The van der Waals surface area contributed by atoms with Crippen LogP contribution in [0.1, 0.15) is 39.3 Å². The van der Waals surface area contributed by atoms with Gasteiger partial charge in [-0.25, -0.2) is 0 Å². The van der Waals surface area contributed by atoms with E-state index < -0.39 is 5.60 Å². The van der Waals surface area contributed by atoms with Crippen LogP contribution < -0.4 is 15.2 Å². The topological polar surface area (TPSA) is 64.7 Å². The average Bonchev–Trinajstić information content (AvgIpc) is 2.35. The second kappa shape index (κ2) is 6.26. The summed E-state index contributed by atoms with van der Waals surface area (Å²) < 4.78 is 11.0. The molecule has 0 radical (unpaired) electrons. The highest BCUT2D eigenvalue weighted by molar-refractivity contribution is 5.43. The Morgan fingerprint density at radius 3 is 2.37 bits per heavy atom. The molecule has 4 nitrogen and oxygen atoms in total. The lowest BCUT2D eigenvalue weighted by molar-refractivity contribution is -0.0271. The van der Waals surface area contributed by atoms with Crippen molar-refractivity contribution < 1.29 is 14.6 Å². The van der Waals surface area contributed by atoms with Crippen LogP contribution in [0.15, 0.2) is 18.2 Å². The summed E-state index contributed by atoms with van der Waals surface area (Å²) in [4.78, 5) is 0. The van der Waals surface area contributed by atoms with Crippen molar-refractivity contribution in [3.63, 3.8) is 0 Å². The molecular formula is C15H25NO3. The molecule has 0 aliphatic carbocycles. The number of rotatable bonds is 6. The van der Waals surface area contributed by atoms with Crippen molar-refractivity contribution in [1.82, 2.24) is 0 Å². The Balaban J connectivity index is 2.84. The molecule has 0 aliphatic heterocycles. The van der Waals surface area contributed by atoms with Crippen molar-refractivity contribution in [2.24, 2.45) is 11.7 Å². The second-order valence-corrected chi connectivity index (χ2v) is 5.50. The molecular weight excluding hydrogens is 242 g/mol. The molecule has 0 aromatic heterocycles. The number of ether oxygens (including phenoxy) is 2. The van der Waals surface area contributed by atoms with E-state index in [0.717, 1.165) is 5.56 Å². The van der Waals surface area contributed by atoms with Gasteiger partial charge in [-0.05, 0) is 37.5 Å². The Labute approximate surface area is 115 Å². The number of methoxy groups -OCH3 is 1. The fourth-order valence-electron chi connectivity index (χ4n) is 1.48. The van der Waals surface area contributed by atoms with Gasteiger partial charge in [-0.3, -0.25) is 0 Å². The average molecular weight is 267 g/mol. The fraction of sp³-hybridized carbons (Fsp3) is 0.600. The quantitative estimate of drug-likeness (QED) is 0.831. The molecule has 3 N–H and O–H groups in total. The van der Waals surface area contributed by atoms with Crippen molar-refractivity contribution in [1.29, 1.82) is 0 Å². The molecule has 0 bridgehead atoms. The maximum absolute atomic E-state index is 10.2. The van der Waals surface area contributed by atoms with E-state index in [0.29, 0.717) is 11.5 Å². The van der Waals surface area contributed by atoms with Gasteiger partial charge < -0.3 is 20.3 Å². The summed E-state index contributed by atoms with van der Waals surface area (Å²) in [6, 6.07) is 5.55. The van der Waals surface area contributed by atoms with Crippen molar-refractivity contribution in [2.75, 3.05) is 13.7 Å². The molecule has 0 fully saturated rings. The summed E-state index contributed by atoms with van der Waals surface area (Å²) in [7, 11) is 1.59. The molecule has 0 amide bonds. The normalized spacial score (nSPS) is 16.0. The van der Waals surface area contributed by atoms with E-state index in [2.05, 4.69) is 0 Å². The largest absolute Gasteiger partial charge is 0.493 e. The summed E-state index contributed by atoms with van der Waals surface area (Å²) in [6.45, 7) is 7.82. The van der Waals surface area contributed by atoms with Crippen LogP contribution in [-0.4, -0.2) is 24.4 Å². The predicted octanol–water partition coefficient (Wildman–Crippen LogP) is 2.50. The third kappa shape index (κ3) is 4.11. The molecule has 1 rings (SSSR count). The van der Waals surface area contributed by atoms with Gasteiger partial charge in [0.2, 0.25) is 0 Å². The van der Waals surface area contributed by atoms with E-state index in [4.69, 9.17) is 15.2 Å². The molecule has 0 saturated heterocycles. The van der Waals surface area contributed by atoms with Crippen molar-refractivity contribution in [2.45, 2.75) is 39.3 Å². The van der Waals surface area contributed by atoms with Crippen molar-refractivity contribution >= 4 is 0 Å². The van der Waals surface area contributed by atoms with Gasteiger partial charge in [0.15, 0.2) is 11.5 Å². The Bertz CT molecular complexity index is 414. The molecule has 2 atom stereocenters.